The van der Waals surface area contributed by atoms with Gasteiger partial charge in [0.2, 0.25) is 11.8 Å². The summed E-state index contributed by atoms with van der Waals surface area (Å²) in [4.78, 5) is 34.0. The van der Waals surface area contributed by atoms with Crippen LogP contribution in [0.2, 0.25) is 10.0 Å². The van der Waals surface area contributed by atoms with E-state index >= 15 is 0 Å². The smallest absolute Gasteiger partial charge is 0.326 e. The Kier molecular flexibility index (Phi) is 9.31. The van der Waals surface area contributed by atoms with Crippen molar-refractivity contribution in [1.82, 2.24) is 10.6 Å². The molecule has 138 valence electrons. The molecule has 0 aliphatic rings. The molecule has 2 amide bonds. The van der Waals surface area contributed by atoms with E-state index in [1.807, 2.05) is 0 Å². The van der Waals surface area contributed by atoms with Gasteiger partial charge in [-0.05, 0) is 36.6 Å². The number of halogens is 2. The Balaban J connectivity index is 2.42. The van der Waals surface area contributed by atoms with Gasteiger partial charge in [0.05, 0.1) is 0 Å². The standard InChI is InChI=1S/C17H22Cl2N2O4/c1-11(22)20-6-4-2-3-5-16(23)21-15(17(24)25)9-12-7-13(18)10-14(19)8-12/h7-8,10,15H,2-6,9H2,1H3,(H,20,22)(H,21,23)(H,24,25). The number of hydrogen-bond donors (Lipinski definition) is 3. The molecule has 3 N–H and O–H groups in total. The van der Waals surface area contributed by atoms with Gasteiger partial charge in [-0.3, -0.25) is 9.59 Å². The minimum atomic E-state index is -1.12. The van der Waals surface area contributed by atoms with Crippen molar-refractivity contribution >= 4 is 41.0 Å². The minimum Gasteiger partial charge on any atom is -0.480 e. The fourth-order valence-electron chi connectivity index (χ4n) is 2.28. The highest BCUT2D eigenvalue weighted by Crippen LogP contribution is 2.20. The van der Waals surface area contributed by atoms with Crippen molar-refractivity contribution in [2.75, 3.05) is 6.54 Å². The van der Waals surface area contributed by atoms with Gasteiger partial charge in [0.1, 0.15) is 6.04 Å². The molecule has 25 heavy (non-hydrogen) atoms. The molecular weight excluding hydrogens is 367 g/mol. The first-order valence-corrected chi connectivity index (χ1v) is 8.75. The number of carbonyl (C=O) groups is 3. The summed E-state index contributed by atoms with van der Waals surface area (Å²) in [5, 5.41) is 15.3. The lowest BCUT2D eigenvalue weighted by atomic mass is 10.1. The van der Waals surface area contributed by atoms with Gasteiger partial charge < -0.3 is 15.7 Å². The summed E-state index contributed by atoms with van der Waals surface area (Å²) >= 11 is 11.8. The Bertz CT molecular complexity index is 602. The van der Waals surface area contributed by atoms with Crippen LogP contribution in [0.5, 0.6) is 0 Å². The zero-order valence-corrected chi connectivity index (χ0v) is 15.5. The van der Waals surface area contributed by atoms with E-state index in [9.17, 15) is 19.5 Å². The Hall–Kier alpha value is -1.79. The van der Waals surface area contributed by atoms with Crippen LogP contribution >= 0.6 is 23.2 Å². The Morgan fingerprint density at radius 3 is 2.28 bits per heavy atom. The number of rotatable bonds is 10. The van der Waals surface area contributed by atoms with Crippen LogP contribution in [0.1, 0.15) is 38.2 Å². The molecular formula is C17H22Cl2N2O4. The summed E-state index contributed by atoms with van der Waals surface area (Å²) in [5.41, 5.74) is 0.639. The molecule has 0 spiro atoms. The first kappa shape index (κ1) is 21.3. The molecule has 0 fully saturated rings. The number of carbonyl (C=O) groups excluding carboxylic acids is 2. The average Bonchev–Trinajstić information content (AvgIpc) is 2.48. The zero-order chi connectivity index (χ0) is 18.8. The second kappa shape index (κ2) is 10.9. The quantitative estimate of drug-likeness (QED) is 0.537. The molecule has 8 heteroatoms. The molecule has 0 radical (unpaired) electrons. The van der Waals surface area contributed by atoms with E-state index in [1.54, 1.807) is 18.2 Å². The van der Waals surface area contributed by atoms with Crippen molar-refractivity contribution in [3.8, 4) is 0 Å². The molecule has 1 atom stereocenters. The van der Waals surface area contributed by atoms with Crippen molar-refractivity contribution < 1.29 is 19.5 Å². The molecule has 0 saturated heterocycles. The molecule has 0 bridgehead atoms. The maximum Gasteiger partial charge on any atom is 0.326 e. The van der Waals surface area contributed by atoms with Gasteiger partial charge in [-0.2, -0.15) is 0 Å². The second-order valence-corrected chi connectivity index (χ2v) is 6.61. The lowest BCUT2D eigenvalue weighted by molar-refractivity contribution is -0.141. The Morgan fingerprint density at radius 1 is 1.08 bits per heavy atom. The largest absolute Gasteiger partial charge is 0.480 e. The third-order valence-electron chi connectivity index (χ3n) is 3.45. The van der Waals surface area contributed by atoms with Crippen LogP contribution in [0.15, 0.2) is 18.2 Å². The molecule has 0 aliphatic heterocycles. The molecule has 0 aromatic heterocycles. The number of aliphatic carboxylic acids is 1. The van der Waals surface area contributed by atoms with E-state index < -0.39 is 12.0 Å². The second-order valence-electron chi connectivity index (χ2n) is 5.73. The minimum absolute atomic E-state index is 0.0804. The maximum absolute atomic E-state index is 11.9. The summed E-state index contributed by atoms with van der Waals surface area (Å²) in [6.07, 6.45) is 2.51. The molecule has 1 rings (SSSR count). The highest BCUT2D eigenvalue weighted by Gasteiger charge is 2.20. The molecule has 1 aromatic rings. The number of carboxylic acid groups (broad SMARTS) is 1. The van der Waals surface area contributed by atoms with Crippen LogP contribution in [0, 0.1) is 0 Å². The van der Waals surface area contributed by atoms with Gasteiger partial charge >= 0.3 is 5.97 Å². The van der Waals surface area contributed by atoms with Crippen molar-refractivity contribution in [2.24, 2.45) is 0 Å². The highest BCUT2D eigenvalue weighted by atomic mass is 35.5. The number of benzene rings is 1. The van der Waals surface area contributed by atoms with E-state index in [2.05, 4.69) is 10.6 Å². The van der Waals surface area contributed by atoms with Gasteiger partial charge in [0.15, 0.2) is 0 Å². The fraction of sp³-hybridized carbons (Fsp3) is 0.471. The predicted octanol–water partition coefficient (Wildman–Crippen LogP) is 2.80. The molecule has 0 aliphatic carbocycles. The van der Waals surface area contributed by atoms with E-state index in [4.69, 9.17) is 23.2 Å². The van der Waals surface area contributed by atoms with E-state index in [1.165, 1.54) is 6.92 Å². The van der Waals surface area contributed by atoms with Crippen LogP contribution in [-0.2, 0) is 20.8 Å². The Labute approximate surface area is 156 Å². The predicted molar refractivity (Wildman–Crippen MR) is 96.9 cm³/mol. The van der Waals surface area contributed by atoms with Crippen molar-refractivity contribution in [3.05, 3.63) is 33.8 Å². The zero-order valence-electron chi connectivity index (χ0n) is 14.0. The van der Waals surface area contributed by atoms with Gasteiger partial charge in [0, 0.05) is 36.4 Å². The molecule has 1 unspecified atom stereocenters. The van der Waals surface area contributed by atoms with Crippen molar-refractivity contribution in [2.45, 2.75) is 45.1 Å². The number of amides is 2. The lowest BCUT2D eigenvalue weighted by Crippen LogP contribution is -2.42. The van der Waals surface area contributed by atoms with Gasteiger partial charge in [-0.25, -0.2) is 4.79 Å². The van der Waals surface area contributed by atoms with Gasteiger partial charge in [-0.15, -0.1) is 0 Å². The van der Waals surface area contributed by atoms with Crippen LogP contribution in [-0.4, -0.2) is 35.5 Å². The first-order valence-electron chi connectivity index (χ1n) is 7.99. The number of nitrogens with one attached hydrogen (secondary N) is 2. The number of carboxylic acids is 1. The highest BCUT2D eigenvalue weighted by molar-refractivity contribution is 6.34. The fourth-order valence-corrected chi connectivity index (χ4v) is 2.85. The van der Waals surface area contributed by atoms with Crippen LogP contribution in [0.25, 0.3) is 0 Å². The maximum atomic E-state index is 11.9. The third-order valence-corrected chi connectivity index (χ3v) is 3.89. The summed E-state index contributed by atoms with van der Waals surface area (Å²) < 4.78 is 0. The molecule has 1 aromatic carbocycles. The average molecular weight is 389 g/mol. The normalized spacial score (nSPS) is 11.6. The molecule has 6 nitrogen and oxygen atoms in total. The molecule has 0 saturated carbocycles. The monoisotopic (exact) mass is 388 g/mol. The SMILES string of the molecule is CC(=O)NCCCCCC(=O)NC(Cc1cc(Cl)cc(Cl)c1)C(=O)O. The van der Waals surface area contributed by atoms with Crippen LogP contribution in [0.4, 0.5) is 0 Å². The summed E-state index contributed by atoms with van der Waals surface area (Å²) in [5.74, 6) is -1.52. The van der Waals surface area contributed by atoms with E-state index in [-0.39, 0.29) is 24.7 Å². The van der Waals surface area contributed by atoms with Crippen LogP contribution < -0.4 is 10.6 Å². The first-order chi connectivity index (χ1) is 11.8. The number of unbranched alkanes of at least 4 members (excludes halogenated alkanes) is 2. The van der Waals surface area contributed by atoms with Gasteiger partial charge in [0.25, 0.3) is 0 Å². The summed E-state index contributed by atoms with van der Waals surface area (Å²) in [7, 11) is 0. The topological polar surface area (TPSA) is 95.5 Å². The number of hydrogen-bond acceptors (Lipinski definition) is 3. The lowest BCUT2D eigenvalue weighted by Gasteiger charge is -2.15. The summed E-state index contributed by atoms with van der Waals surface area (Å²) in [6, 6.07) is 3.76. The third kappa shape index (κ3) is 9.31. The molecule has 0 heterocycles. The van der Waals surface area contributed by atoms with Crippen LogP contribution in [0.3, 0.4) is 0 Å². The van der Waals surface area contributed by atoms with E-state index in [0.29, 0.717) is 28.6 Å². The van der Waals surface area contributed by atoms with E-state index in [0.717, 1.165) is 12.8 Å². The Morgan fingerprint density at radius 2 is 1.72 bits per heavy atom. The van der Waals surface area contributed by atoms with Crippen molar-refractivity contribution in [1.29, 1.82) is 0 Å². The summed E-state index contributed by atoms with van der Waals surface area (Å²) in [6.45, 7) is 2.02. The van der Waals surface area contributed by atoms with Crippen molar-refractivity contribution in [3.63, 3.8) is 0 Å². The van der Waals surface area contributed by atoms with Gasteiger partial charge in [-0.1, -0.05) is 29.6 Å².